The number of fused-ring (bicyclic) bond motifs is 1. The zero-order valence-corrected chi connectivity index (χ0v) is 11.2. The Morgan fingerprint density at radius 1 is 1.33 bits per heavy atom. The molecule has 96 valence electrons. The molecule has 3 nitrogen and oxygen atoms in total. The number of aromatic nitrogens is 1. The van der Waals surface area contributed by atoms with Gasteiger partial charge in [-0.05, 0) is 31.2 Å². The summed E-state index contributed by atoms with van der Waals surface area (Å²) >= 11 is 0. The highest BCUT2D eigenvalue weighted by Crippen LogP contribution is 2.23. The second kappa shape index (κ2) is 5.94. The van der Waals surface area contributed by atoms with Gasteiger partial charge in [-0.15, -0.1) is 0 Å². The number of hydrogen-bond acceptors (Lipinski definition) is 3. The second-order valence-electron chi connectivity index (χ2n) is 4.40. The average Bonchev–Trinajstić information content (AvgIpc) is 2.44. The number of likely N-dealkylation sites (N-methyl/N-ethyl adjacent to an activating group) is 1. The summed E-state index contributed by atoms with van der Waals surface area (Å²) < 4.78 is 5.54. The van der Waals surface area contributed by atoms with Crippen molar-refractivity contribution in [1.82, 2.24) is 10.3 Å². The molecule has 1 aromatic carbocycles. The molecule has 2 aromatic rings. The van der Waals surface area contributed by atoms with Gasteiger partial charge in [0.15, 0.2) is 0 Å². The molecule has 0 radical (unpaired) electrons. The van der Waals surface area contributed by atoms with Crippen LogP contribution in [-0.4, -0.2) is 25.2 Å². The van der Waals surface area contributed by atoms with E-state index >= 15 is 0 Å². The monoisotopic (exact) mass is 244 g/mol. The smallest absolute Gasteiger partial charge is 0.0763 e. The summed E-state index contributed by atoms with van der Waals surface area (Å²) in [6.45, 7) is 2.14. The molecule has 0 bridgehead atoms. The number of methoxy groups -OCH3 is 1. The topological polar surface area (TPSA) is 34.1 Å². The number of hydrogen-bond donors (Lipinski definition) is 1. The molecule has 0 spiro atoms. The number of pyridine rings is 1. The predicted molar refractivity (Wildman–Crippen MR) is 74.6 cm³/mol. The summed E-state index contributed by atoms with van der Waals surface area (Å²) in [7, 11) is 3.73. The van der Waals surface area contributed by atoms with Gasteiger partial charge >= 0.3 is 0 Å². The van der Waals surface area contributed by atoms with E-state index in [-0.39, 0.29) is 12.1 Å². The van der Waals surface area contributed by atoms with Crippen molar-refractivity contribution >= 4 is 10.9 Å². The highest BCUT2D eigenvalue weighted by molar-refractivity contribution is 5.79. The summed E-state index contributed by atoms with van der Waals surface area (Å²) in [6.07, 6.45) is 2.98. The van der Waals surface area contributed by atoms with Crippen LogP contribution in [0.15, 0.2) is 36.5 Å². The number of ether oxygens (including phenoxy) is 1. The molecule has 0 saturated carbocycles. The molecule has 0 saturated heterocycles. The van der Waals surface area contributed by atoms with Crippen molar-refractivity contribution in [2.45, 2.75) is 25.5 Å². The molecule has 0 amide bonds. The summed E-state index contributed by atoms with van der Waals surface area (Å²) in [4.78, 5) is 4.40. The number of nitrogens with one attached hydrogen (secondary N) is 1. The standard InChI is InChI=1S/C15H20N2O/c1-4-14(18-3)15(16-2)12-8-7-11-6-5-9-17-13(11)10-12/h5-10,14-16H,4H2,1-3H3. The largest absolute Gasteiger partial charge is 0.379 e. The van der Waals surface area contributed by atoms with E-state index in [4.69, 9.17) is 4.74 Å². The second-order valence-corrected chi connectivity index (χ2v) is 4.40. The lowest BCUT2D eigenvalue weighted by Gasteiger charge is -2.25. The lowest BCUT2D eigenvalue weighted by molar-refractivity contribution is 0.0676. The fourth-order valence-corrected chi connectivity index (χ4v) is 2.38. The first-order chi connectivity index (χ1) is 8.80. The van der Waals surface area contributed by atoms with Crippen molar-refractivity contribution < 1.29 is 4.74 Å². The van der Waals surface area contributed by atoms with Gasteiger partial charge in [-0.1, -0.05) is 25.1 Å². The van der Waals surface area contributed by atoms with Gasteiger partial charge in [-0.3, -0.25) is 4.98 Å². The minimum Gasteiger partial charge on any atom is -0.379 e. The van der Waals surface area contributed by atoms with E-state index in [1.165, 1.54) is 10.9 Å². The van der Waals surface area contributed by atoms with Crippen LogP contribution in [0.1, 0.15) is 24.9 Å². The van der Waals surface area contributed by atoms with Gasteiger partial charge in [-0.25, -0.2) is 0 Å². The van der Waals surface area contributed by atoms with Crippen LogP contribution in [0.4, 0.5) is 0 Å². The highest BCUT2D eigenvalue weighted by Gasteiger charge is 2.19. The zero-order chi connectivity index (χ0) is 13.0. The van der Waals surface area contributed by atoms with Crippen LogP contribution in [0.2, 0.25) is 0 Å². The predicted octanol–water partition coefficient (Wildman–Crippen LogP) is 2.92. The average molecular weight is 244 g/mol. The molecular weight excluding hydrogens is 224 g/mol. The highest BCUT2D eigenvalue weighted by atomic mass is 16.5. The van der Waals surface area contributed by atoms with Crippen molar-refractivity contribution in [2.24, 2.45) is 0 Å². The van der Waals surface area contributed by atoms with Crippen LogP contribution >= 0.6 is 0 Å². The van der Waals surface area contributed by atoms with Crippen LogP contribution < -0.4 is 5.32 Å². The fourth-order valence-electron chi connectivity index (χ4n) is 2.38. The van der Waals surface area contributed by atoms with E-state index in [1.54, 1.807) is 7.11 Å². The Morgan fingerprint density at radius 2 is 2.17 bits per heavy atom. The summed E-state index contributed by atoms with van der Waals surface area (Å²) in [6, 6.07) is 10.6. The van der Waals surface area contributed by atoms with Crippen LogP contribution in [0.5, 0.6) is 0 Å². The number of rotatable bonds is 5. The van der Waals surface area contributed by atoms with Crippen LogP contribution in [0.25, 0.3) is 10.9 Å². The van der Waals surface area contributed by atoms with Crippen molar-refractivity contribution in [3.8, 4) is 0 Å². The van der Waals surface area contributed by atoms with Gasteiger partial charge < -0.3 is 10.1 Å². The summed E-state index contributed by atoms with van der Waals surface area (Å²) in [5, 5.41) is 4.50. The van der Waals surface area contributed by atoms with Crippen molar-refractivity contribution in [3.63, 3.8) is 0 Å². The van der Waals surface area contributed by atoms with Crippen LogP contribution in [0.3, 0.4) is 0 Å². The Kier molecular flexibility index (Phi) is 4.28. The minimum atomic E-state index is 0.177. The third-order valence-corrected chi connectivity index (χ3v) is 3.38. The molecule has 18 heavy (non-hydrogen) atoms. The molecule has 2 unspecified atom stereocenters. The Labute approximate surface area is 108 Å². The molecule has 0 aliphatic heterocycles. The maximum absolute atomic E-state index is 5.54. The normalized spacial score (nSPS) is 14.6. The minimum absolute atomic E-state index is 0.177. The quantitative estimate of drug-likeness (QED) is 0.878. The van der Waals surface area contributed by atoms with E-state index in [0.29, 0.717) is 0 Å². The fraction of sp³-hybridized carbons (Fsp3) is 0.400. The maximum atomic E-state index is 5.54. The summed E-state index contributed by atoms with van der Waals surface area (Å²) in [5.74, 6) is 0. The molecule has 2 rings (SSSR count). The van der Waals surface area contributed by atoms with E-state index in [0.717, 1.165) is 11.9 Å². The molecular formula is C15H20N2O. The van der Waals surface area contributed by atoms with Crippen LogP contribution in [0, 0.1) is 0 Å². The van der Waals surface area contributed by atoms with E-state index < -0.39 is 0 Å². The maximum Gasteiger partial charge on any atom is 0.0763 e. The first-order valence-electron chi connectivity index (χ1n) is 6.35. The third-order valence-electron chi connectivity index (χ3n) is 3.38. The Hall–Kier alpha value is -1.45. The summed E-state index contributed by atoms with van der Waals surface area (Å²) in [5.41, 5.74) is 2.25. The Morgan fingerprint density at radius 3 is 2.83 bits per heavy atom. The van der Waals surface area contributed by atoms with Gasteiger partial charge in [0, 0.05) is 18.7 Å². The van der Waals surface area contributed by atoms with Gasteiger partial charge in [0.25, 0.3) is 0 Å². The molecule has 2 atom stereocenters. The molecule has 3 heteroatoms. The zero-order valence-electron chi connectivity index (χ0n) is 11.2. The third kappa shape index (κ3) is 2.52. The lowest BCUT2D eigenvalue weighted by atomic mass is 9.98. The van der Waals surface area contributed by atoms with Gasteiger partial charge in [0.05, 0.1) is 17.7 Å². The Balaban J connectivity index is 2.39. The van der Waals surface area contributed by atoms with Crippen molar-refractivity contribution in [2.75, 3.05) is 14.2 Å². The van der Waals surface area contributed by atoms with Crippen molar-refractivity contribution in [3.05, 3.63) is 42.1 Å². The van der Waals surface area contributed by atoms with E-state index in [9.17, 15) is 0 Å². The Bertz CT molecular complexity index is 509. The van der Waals surface area contributed by atoms with Crippen molar-refractivity contribution in [1.29, 1.82) is 0 Å². The van der Waals surface area contributed by atoms with E-state index in [2.05, 4.69) is 41.5 Å². The molecule has 0 aliphatic carbocycles. The lowest BCUT2D eigenvalue weighted by Crippen LogP contribution is -2.30. The first kappa shape index (κ1) is 13.0. The number of nitrogens with zero attached hydrogens (tertiary/aromatic N) is 1. The molecule has 0 fully saturated rings. The SMILES string of the molecule is CCC(OC)C(NC)c1ccc2cccnc2c1. The van der Waals surface area contributed by atoms with Gasteiger partial charge in [0.1, 0.15) is 0 Å². The van der Waals surface area contributed by atoms with Gasteiger partial charge in [0.2, 0.25) is 0 Å². The molecule has 1 N–H and O–H groups in total. The van der Waals surface area contributed by atoms with Gasteiger partial charge in [-0.2, -0.15) is 0 Å². The molecule has 0 aliphatic rings. The van der Waals surface area contributed by atoms with Crippen LogP contribution in [-0.2, 0) is 4.74 Å². The first-order valence-corrected chi connectivity index (χ1v) is 6.35. The number of benzene rings is 1. The molecule has 1 aromatic heterocycles. The molecule has 1 heterocycles. The van der Waals surface area contributed by atoms with E-state index in [1.807, 2.05) is 19.3 Å².